The van der Waals surface area contributed by atoms with Gasteiger partial charge in [-0.3, -0.25) is 4.57 Å². The van der Waals surface area contributed by atoms with Crippen LogP contribution < -0.4 is 5.73 Å². The Morgan fingerprint density at radius 3 is 2.38 bits per heavy atom. The van der Waals surface area contributed by atoms with E-state index in [0.29, 0.717) is 28.8 Å². The fourth-order valence-corrected chi connectivity index (χ4v) is 4.28. The number of aryl methyl sites for hydroxylation is 1. The standard InChI is InChI=1S/C22H25N5O2S.C2HF3O2/c1-13(2)16-11-17(20(29)12-19(16)28)21-24-25-22(30-9-7-23)27(21)15-4-5-18-14(10-15)6-8-26(18)3;3-2(4,5)1(6)7/h4-6,8,10-13,28-29H,7,9,23H2,1-3H3;(H,6,7). The van der Waals surface area contributed by atoms with E-state index in [1.54, 1.807) is 6.07 Å². The number of rotatable bonds is 6. The van der Waals surface area contributed by atoms with Crippen LogP contribution in [0.1, 0.15) is 25.3 Å². The molecule has 2 aromatic heterocycles. The van der Waals surface area contributed by atoms with Gasteiger partial charge in [-0.1, -0.05) is 25.6 Å². The molecule has 198 valence electrons. The molecule has 0 saturated carbocycles. The predicted molar refractivity (Wildman–Crippen MR) is 134 cm³/mol. The van der Waals surface area contributed by atoms with Crippen molar-refractivity contribution >= 4 is 28.6 Å². The maximum atomic E-state index is 10.6. The van der Waals surface area contributed by atoms with Crippen molar-refractivity contribution in [2.24, 2.45) is 12.8 Å². The molecular weight excluding hydrogens is 511 g/mol. The predicted octanol–water partition coefficient (Wildman–Crippen LogP) is 4.64. The molecule has 0 spiro atoms. The minimum atomic E-state index is -5.08. The second-order valence-electron chi connectivity index (χ2n) is 8.33. The molecule has 0 aliphatic heterocycles. The number of hydrogen-bond acceptors (Lipinski definition) is 7. The van der Waals surface area contributed by atoms with Gasteiger partial charge in [0, 0.05) is 42.5 Å². The van der Waals surface area contributed by atoms with Crippen LogP contribution in [0.4, 0.5) is 13.2 Å². The van der Waals surface area contributed by atoms with Crippen molar-refractivity contribution in [2.45, 2.75) is 31.1 Å². The van der Waals surface area contributed by atoms with Crippen molar-refractivity contribution in [3.05, 3.63) is 48.2 Å². The molecule has 4 aromatic rings. The fourth-order valence-electron chi connectivity index (χ4n) is 3.56. The highest BCUT2D eigenvalue weighted by atomic mass is 32.2. The molecular formula is C24H26F3N5O4S. The third-order valence-corrected chi connectivity index (χ3v) is 6.32. The second kappa shape index (κ2) is 11.1. The number of carbonyl (C=O) groups is 1. The normalized spacial score (nSPS) is 11.6. The SMILES string of the molecule is CC(C)c1cc(-c2nnc(SCCN)n2-c2ccc3c(ccn3C)c2)c(O)cc1O.O=C(O)C(F)(F)F. The van der Waals surface area contributed by atoms with E-state index < -0.39 is 12.1 Å². The van der Waals surface area contributed by atoms with Crippen LogP contribution >= 0.6 is 11.8 Å². The Labute approximate surface area is 214 Å². The van der Waals surface area contributed by atoms with Gasteiger partial charge in [-0.2, -0.15) is 13.2 Å². The number of nitrogens with zero attached hydrogens (tertiary/aromatic N) is 4. The Kier molecular flexibility index (Phi) is 8.39. The molecule has 0 aliphatic carbocycles. The molecule has 0 saturated heterocycles. The zero-order chi connectivity index (χ0) is 27.5. The van der Waals surface area contributed by atoms with E-state index in [4.69, 9.17) is 15.6 Å². The number of thioether (sulfide) groups is 1. The molecule has 0 radical (unpaired) electrons. The highest BCUT2D eigenvalue weighted by molar-refractivity contribution is 7.99. The van der Waals surface area contributed by atoms with Crippen molar-refractivity contribution < 1.29 is 33.3 Å². The summed E-state index contributed by atoms with van der Waals surface area (Å²) in [4.78, 5) is 8.90. The number of carboxylic acid groups (broad SMARTS) is 1. The molecule has 37 heavy (non-hydrogen) atoms. The van der Waals surface area contributed by atoms with Crippen LogP contribution in [0.2, 0.25) is 0 Å². The van der Waals surface area contributed by atoms with Gasteiger partial charge in [0.15, 0.2) is 11.0 Å². The highest BCUT2D eigenvalue weighted by Crippen LogP contribution is 2.39. The molecule has 9 nitrogen and oxygen atoms in total. The van der Waals surface area contributed by atoms with E-state index in [-0.39, 0.29) is 17.4 Å². The number of phenols is 2. The van der Waals surface area contributed by atoms with Crippen molar-refractivity contribution in [1.29, 1.82) is 0 Å². The Morgan fingerprint density at radius 2 is 1.78 bits per heavy atom. The van der Waals surface area contributed by atoms with E-state index in [0.717, 1.165) is 22.2 Å². The summed E-state index contributed by atoms with van der Waals surface area (Å²) in [6, 6.07) is 11.4. The first-order valence-electron chi connectivity index (χ1n) is 11.0. The molecule has 0 fully saturated rings. The summed E-state index contributed by atoms with van der Waals surface area (Å²) in [5.74, 6) is -1.42. The fraction of sp³-hybridized carbons (Fsp3) is 0.292. The van der Waals surface area contributed by atoms with Crippen LogP contribution in [0.5, 0.6) is 11.5 Å². The van der Waals surface area contributed by atoms with Crippen molar-refractivity contribution in [2.75, 3.05) is 12.3 Å². The van der Waals surface area contributed by atoms with Crippen LogP contribution in [-0.2, 0) is 11.8 Å². The molecule has 0 atom stereocenters. The van der Waals surface area contributed by atoms with Gasteiger partial charge in [0.25, 0.3) is 0 Å². The lowest BCUT2D eigenvalue weighted by atomic mass is 9.98. The van der Waals surface area contributed by atoms with Crippen LogP contribution in [0.3, 0.4) is 0 Å². The van der Waals surface area contributed by atoms with Crippen molar-refractivity contribution in [3.63, 3.8) is 0 Å². The van der Waals surface area contributed by atoms with E-state index in [1.165, 1.54) is 17.8 Å². The second-order valence-corrected chi connectivity index (χ2v) is 9.40. The van der Waals surface area contributed by atoms with E-state index in [9.17, 15) is 23.4 Å². The number of aliphatic carboxylic acids is 1. The van der Waals surface area contributed by atoms with Gasteiger partial charge in [0.2, 0.25) is 0 Å². The van der Waals surface area contributed by atoms with Gasteiger partial charge < -0.3 is 25.6 Å². The number of fused-ring (bicyclic) bond motifs is 1. The maximum absolute atomic E-state index is 10.6. The van der Waals surface area contributed by atoms with Gasteiger partial charge >= 0.3 is 12.1 Å². The smallest absolute Gasteiger partial charge is 0.490 e. The number of aromatic nitrogens is 4. The molecule has 0 bridgehead atoms. The Balaban J connectivity index is 0.000000479. The minimum Gasteiger partial charge on any atom is -0.508 e. The van der Waals surface area contributed by atoms with Gasteiger partial charge in [-0.15, -0.1) is 10.2 Å². The van der Waals surface area contributed by atoms with Gasteiger partial charge in [0.1, 0.15) is 11.5 Å². The zero-order valence-corrected chi connectivity index (χ0v) is 21.0. The monoisotopic (exact) mass is 537 g/mol. The van der Waals surface area contributed by atoms with Crippen molar-refractivity contribution in [3.8, 4) is 28.6 Å². The number of phenolic OH excluding ortho intramolecular Hbond substituents is 2. The van der Waals surface area contributed by atoms with Gasteiger partial charge in [-0.05, 0) is 41.8 Å². The number of benzene rings is 2. The minimum absolute atomic E-state index is 0.0401. The molecule has 0 aliphatic rings. The summed E-state index contributed by atoms with van der Waals surface area (Å²) in [6.07, 6.45) is -3.06. The zero-order valence-electron chi connectivity index (χ0n) is 20.2. The number of carboxylic acids is 1. The first-order chi connectivity index (χ1) is 17.3. The Hall–Kier alpha value is -3.71. The highest BCUT2D eigenvalue weighted by Gasteiger charge is 2.38. The quantitative estimate of drug-likeness (QED) is 0.261. The lowest BCUT2D eigenvalue weighted by Gasteiger charge is -2.14. The number of hydrogen-bond donors (Lipinski definition) is 4. The largest absolute Gasteiger partial charge is 0.508 e. The van der Waals surface area contributed by atoms with E-state index in [1.807, 2.05) is 37.7 Å². The average Bonchev–Trinajstić information content (AvgIpc) is 3.40. The van der Waals surface area contributed by atoms with E-state index in [2.05, 4.69) is 33.0 Å². The molecule has 0 amide bonds. The summed E-state index contributed by atoms with van der Waals surface area (Å²) >= 11 is 1.52. The third kappa shape index (κ3) is 6.17. The summed E-state index contributed by atoms with van der Waals surface area (Å²) in [5, 5.41) is 38.5. The van der Waals surface area contributed by atoms with Gasteiger partial charge in [-0.25, -0.2) is 4.79 Å². The van der Waals surface area contributed by atoms with Crippen LogP contribution in [0.15, 0.2) is 47.8 Å². The van der Waals surface area contributed by atoms with Crippen LogP contribution in [0, 0.1) is 0 Å². The third-order valence-electron chi connectivity index (χ3n) is 5.36. The van der Waals surface area contributed by atoms with Crippen LogP contribution in [0.25, 0.3) is 28.0 Å². The molecule has 13 heteroatoms. The van der Waals surface area contributed by atoms with Gasteiger partial charge in [0.05, 0.1) is 11.3 Å². The van der Waals surface area contributed by atoms with Crippen LogP contribution in [-0.4, -0.2) is 59.1 Å². The number of alkyl halides is 3. The average molecular weight is 538 g/mol. The van der Waals surface area contributed by atoms with Crippen molar-refractivity contribution in [1.82, 2.24) is 19.3 Å². The summed E-state index contributed by atoms with van der Waals surface area (Å²) in [7, 11) is 2.01. The molecule has 2 heterocycles. The number of aromatic hydroxyl groups is 2. The Bertz CT molecular complexity index is 1420. The summed E-state index contributed by atoms with van der Waals surface area (Å²) in [5.41, 5.74) is 8.99. The van der Waals surface area contributed by atoms with E-state index >= 15 is 0 Å². The summed E-state index contributed by atoms with van der Waals surface area (Å²) < 4.78 is 35.7. The number of nitrogens with two attached hydrogens (primary N) is 1. The Morgan fingerprint density at radius 1 is 1.11 bits per heavy atom. The first kappa shape index (κ1) is 27.9. The number of halogens is 3. The topological polar surface area (TPSA) is 139 Å². The molecule has 4 rings (SSSR count). The molecule has 5 N–H and O–H groups in total. The lowest BCUT2D eigenvalue weighted by Crippen LogP contribution is -2.21. The summed E-state index contributed by atoms with van der Waals surface area (Å²) in [6.45, 7) is 4.51. The molecule has 0 unspecified atom stereocenters. The first-order valence-corrected chi connectivity index (χ1v) is 12.0. The lowest BCUT2D eigenvalue weighted by molar-refractivity contribution is -0.192. The molecule has 2 aromatic carbocycles. The maximum Gasteiger partial charge on any atom is 0.490 e.